The molecule has 18 heavy (non-hydrogen) atoms. The summed E-state index contributed by atoms with van der Waals surface area (Å²) in [5.41, 5.74) is 10.9. The van der Waals surface area contributed by atoms with Gasteiger partial charge in [-0.1, -0.05) is 24.3 Å². The molecule has 4 heteroatoms. The van der Waals surface area contributed by atoms with E-state index in [0.717, 1.165) is 22.3 Å². The Morgan fingerprint density at radius 2 is 2.00 bits per heavy atom. The van der Waals surface area contributed by atoms with E-state index in [-0.39, 0.29) is 6.04 Å². The minimum Gasteiger partial charge on any atom is -0.324 e. The van der Waals surface area contributed by atoms with Crippen molar-refractivity contribution in [3.8, 4) is 0 Å². The summed E-state index contributed by atoms with van der Waals surface area (Å²) in [7, 11) is 1.96. The van der Waals surface area contributed by atoms with Gasteiger partial charge in [0.1, 0.15) is 0 Å². The number of aromatic nitrogens is 2. The van der Waals surface area contributed by atoms with Gasteiger partial charge >= 0.3 is 0 Å². The number of halogens is 1. The zero-order valence-corrected chi connectivity index (χ0v) is 12.5. The lowest BCUT2D eigenvalue weighted by molar-refractivity contribution is 0.636. The third-order valence-corrected chi connectivity index (χ3v) is 4.29. The van der Waals surface area contributed by atoms with Gasteiger partial charge in [-0.3, -0.25) is 4.68 Å². The van der Waals surface area contributed by atoms with Crippen molar-refractivity contribution in [2.24, 2.45) is 12.8 Å². The molecule has 0 fully saturated rings. The Labute approximate surface area is 116 Å². The lowest BCUT2D eigenvalue weighted by atomic mass is 9.98. The van der Waals surface area contributed by atoms with E-state index in [9.17, 15) is 0 Å². The molecule has 0 aliphatic rings. The standard InChI is InChI=1S/C14H18BrN3/c1-9-6-4-5-7-11(9)12(16)8-13-14(15)10(2)17-18(13)3/h4-7,12H,8,16H2,1-3H3. The molecule has 0 aliphatic heterocycles. The summed E-state index contributed by atoms with van der Waals surface area (Å²) in [6.45, 7) is 4.09. The van der Waals surface area contributed by atoms with Gasteiger partial charge in [-0.15, -0.1) is 0 Å². The molecule has 1 unspecified atom stereocenters. The molecule has 3 nitrogen and oxygen atoms in total. The van der Waals surface area contributed by atoms with Crippen LogP contribution >= 0.6 is 15.9 Å². The first-order chi connectivity index (χ1) is 8.50. The van der Waals surface area contributed by atoms with Crippen LogP contribution in [0.15, 0.2) is 28.7 Å². The van der Waals surface area contributed by atoms with Gasteiger partial charge in [-0.2, -0.15) is 5.10 Å². The number of aryl methyl sites for hydroxylation is 3. The summed E-state index contributed by atoms with van der Waals surface area (Å²) in [6.07, 6.45) is 0.781. The smallest absolute Gasteiger partial charge is 0.0738 e. The Morgan fingerprint density at radius 3 is 2.56 bits per heavy atom. The molecular formula is C14H18BrN3. The van der Waals surface area contributed by atoms with E-state index in [1.807, 2.05) is 30.8 Å². The fourth-order valence-corrected chi connectivity index (χ4v) is 2.72. The van der Waals surface area contributed by atoms with Crippen LogP contribution in [-0.2, 0) is 13.5 Å². The fourth-order valence-electron chi connectivity index (χ4n) is 2.22. The molecule has 0 amide bonds. The summed E-state index contributed by atoms with van der Waals surface area (Å²) < 4.78 is 2.96. The van der Waals surface area contributed by atoms with Crippen LogP contribution in [-0.4, -0.2) is 9.78 Å². The third-order valence-electron chi connectivity index (χ3n) is 3.26. The van der Waals surface area contributed by atoms with Crippen molar-refractivity contribution in [3.63, 3.8) is 0 Å². The Kier molecular flexibility index (Phi) is 3.88. The van der Waals surface area contributed by atoms with Crippen LogP contribution in [0.25, 0.3) is 0 Å². The van der Waals surface area contributed by atoms with Crippen molar-refractivity contribution in [1.29, 1.82) is 0 Å². The first-order valence-electron chi connectivity index (χ1n) is 5.99. The molecule has 1 aromatic carbocycles. The predicted molar refractivity (Wildman–Crippen MR) is 77.5 cm³/mol. The summed E-state index contributed by atoms with van der Waals surface area (Å²) >= 11 is 3.58. The SMILES string of the molecule is Cc1ccccc1C(N)Cc1c(Br)c(C)nn1C. The van der Waals surface area contributed by atoms with Crippen LogP contribution in [0.3, 0.4) is 0 Å². The van der Waals surface area contributed by atoms with Crippen LogP contribution in [0, 0.1) is 13.8 Å². The number of nitrogens with two attached hydrogens (primary N) is 1. The van der Waals surface area contributed by atoms with Crippen molar-refractivity contribution in [3.05, 3.63) is 51.3 Å². The molecule has 2 aromatic rings. The quantitative estimate of drug-likeness (QED) is 0.947. The summed E-state index contributed by atoms with van der Waals surface area (Å²) in [4.78, 5) is 0. The lowest BCUT2D eigenvalue weighted by Crippen LogP contribution is -2.16. The van der Waals surface area contributed by atoms with Gasteiger partial charge in [0.05, 0.1) is 15.9 Å². The Balaban J connectivity index is 2.27. The van der Waals surface area contributed by atoms with E-state index in [1.165, 1.54) is 11.1 Å². The zero-order valence-electron chi connectivity index (χ0n) is 10.9. The molecule has 1 heterocycles. The highest BCUT2D eigenvalue weighted by molar-refractivity contribution is 9.10. The highest BCUT2D eigenvalue weighted by Crippen LogP contribution is 2.26. The lowest BCUT2D eigenvalue weighted by Gasteiger charge is -2.15. The van der Waals surface area contributed by atoms with E-state index in [1.54, 1.807) is 0 Å². The molecule has 0 saturated carbocycles. The highest BCUT2D eigenvalue weighted by atomic mass is 79.9. The van der Waals surface area contributed by atoms with Crippen molar-refractivity contribution in [1.82, 2.24) is 9.78 Å². The number of hydrogen-bond donors (Lipinski definition) is 1. The number of rotatable bonds is 3. The molecule has 1 atom stereocenters. The largest absolute Gasteiger partial charge is 0.324 e. The van der Waals surface area contributed by atoms with Crippen LogP contribution in [0.4, 0.5) is 0 Å². The predicted octanol–water partition coefficient (Wildman–Crippen LogP) is 3.04. The highest BCUT2D eigenvalue weighted by Gasteiger charge is 2.16. The number of nitrogens with zero attached hydrogens (tertiary/aromatic N) is 2. The second-order valence-electron chi connectivity index (χ2n) is 4.64. The molecule has 0 spiro atoms. The molecule has 0 bridgehead atoms. The van der Waals surface area contributed by atoms with Crippen molar-refractivity contribution >= 4 is 15.9 Å². The Hall–Kier alpha value is -1.13. The number of hydrogen-bond acceptors (Lipinski definition) is 2. The normalized spacial score (nSPS) is 12.7. The molecule has 1 aromatic heterocycles. The van der Waals surface area contributed by atoms with Crippen LogP contribution < -0.4 is 5.73 Å². The van der Waals surface area contributed by atoms with E-state index in [0.29, 0.717) is 0 Å². The average molecular weight is 308 g/mol. The third kappa shape index (κ3) is 2.49. The molecule has 96 valence electrons. The summed E-state index contributed by atoms with van der Waals surface area (Å²) in [6, 6.07) is 8.26. The second-order valence-corrected chi connectivity index (χ2v) is 5.43. The Bertz CT molecular complexity index is 560. The number of benzene rings is 1. The van der Waals surface area contributed by atoms with E-state index < -0.39 is 0 Å². The summed E-state index contributed by atoms with van der Waals surface area (Å²) in [5.74, 6) is 0. The van der Waals surface area contributed by atoms with Gasteiger partial charge in [0.2, 0.25) is 0 Å². The fraction of sp³-hybridized carbons (Fsp3) is 0.357. The van der Waals surface area contributed by atoms with E-state index >= 15 is 0 Å². The summed E-state index contributed by atoms with van der Waals surface area (Å²) in [5, 5.41) is 4.39. The molecule has 0 saturated heterocycles. The zero-order chi connectivity index (χ0) is 13.3. The van der Waals surface area contributed by atoms with Crippen LogP contribution in [0.1, 0.15) is 28.6 Å². The molecule has 0 aliphatic carbocycles. The van der Waals surface area contributed by atoms with Gasteiger partial charge in [-0.05, 0) is 40.9 Å². The maximum absolute atomic E-state index is 6.31. The van der Waals surface area contributed by atoms with Crippen LogP contribution in [0.2, 0.25) is 0 Å². The van der Waals surface area contributed by atoms with E-state index in [2.05, 4.69) is 40.1 Å². The van der Waals surface area contributed by atoms with Gasteiger partial charge < -0.3 is 5.73 Å². The van der Waals surface area contributed by atoms with Gasteiger partial charge in [-0.25, -0.2) is 0 Å². The van der Waals surface area contributed by atoms with Crippen LogP contribution in [0.5, 0.6) is 0 Å². The van der Waals surface area contributed by atoms with E-state index in [4.69, 9.17) is 5.73 Å². The molecule has 2 N–H and O–H groups in total. The first kappa shape index (κ1) is 13.3. The minimum atomic E-state index is -0.00250. The molecule has 2 rings (SSSR count). The van der Waals surface area contributed by atoms with Crippen molar-refractivity contribution < 1.29 is 0 Å². The van der Waals surface area contributed by atoms with Crippen molar-refractivity contribution in [2.75, 3.05) is 0 Å². The molecular weight excluding hydrogens is 290 g/mol. The molecule has 0 radical (unpaired) electrons. The average Bonchev–Trinajstić information content (AvgIpc) is 2.56. The van der Waals surface area contributed by atoms with Crippen molar-refractivity contribution in [2.45, 2.75) is 26.3 Å². The topological polar surface area (TPSA) is 43.8 Å². The maximum atomic E-state index is 6.31. The minimum absolute atomic E-state index is 0.00250. The van der Waals surface area contributed by atoms with Gasteiger partial charge in [0.25, 0.3) is 0 Å². The van der Waals surface area contributed by atoms with Gasteiger partial charge in [0, 0.05) is 19.5 Å². The Morgan fingerprint density at radius 1 is 1.33 bits per heavy atom. The van der Waals surface area contributed by atoms with Gasteiger partial charge in [0.15, 0.2) is 0 Å². The first-order valence-corrected chi connectivity index (χ1v) is 6.79. The second kappa shape index (κ2) is 5.24. The monoisotopic (exact) mass is 307 g/mol. The maximum Gasteiger partial charge on any atom is 0.0738 e.